The minimum absolute atomic E-state index is 0.0172. The molecule has 114 valence electrons. The highest BCUT2D eigenvalue weighted by Gasteiger charge is 2.61. The zero-order valence-electron chi connectivity index (χ0n) is 12.1. The molecule has 0 saturated heterocycles. The largest absolute Gasteiger partial charge is 0.493 e. The number of hydrogen-bond donors (Lipinski definition) is 2. The summed E-state index contributed by atoms with van der Waals surface area (Å²) in [5.74, 6) is 1.00. The first-order chi connectivity index (χ1) is 10.7. The van der Waals surface area contributed by atoms with E-state index in [9.17, 15) is 4.79 Å². The highest BCUT2D eigenvalue weighted by Crippen LogP contribution is 2.61. The van der Waals surface area contributed by atoms with Gasteiger partial charge in [0.15, 0.2) is 0 Å². The number of hydrogen-bond acceptors (Lipinski definition) is 2. The Bertz CT molecular complexity index is 713. The van der Waals surface area contributed by atoms with Crippen LogP contribution in [0.1, 0.15) is 24.1 Å². The smallest absolute Gasteiger partial charge is 0.224 e. The molecule has 4 rings (SSSR count). The summed E-state index contributed by atoms with van der Waals surface area (Å²) in [5, 5.41) is 3.72. The van der Waals surface area contributed by atoms with Crippen molar-refractivity contribution in [2.24, 2.45) is 5.92 Å². The zero-order valence-corrected chi connectivity index (χ0v) is 12.8. The standard InChI is InChI=1S/C17H17ClN2O2/c18-11-3-4-15-13(8-11)17(5-7-22-15)9-14(17)16(21)20-10-12-2-1-6-19-12/h1-4,6,8,14,19H,5,7,9-10H2,(H,20,21)/t14-,17-/m0/s1. The fraction of sp³-hybridized carbons (Fsp3) is 0.353. The molecule has 1 aromatic heterocycles. The quantitative estimate of drug-likeness (QED) is 0.914. The van der Waals surface area contributed by atoms with E-state index in [4.69, 9.17) is 16.3 Å². The maximum Gasteiger partial charge on any atom is 0.224 e. The van der Waals surface area contributed by atoms with Crippen LogP contribution in [0.15, 0.2) is 36.5 Å². The van der Waals surface area contributed by atoms with Crippen LogP contribution in [0.2, 0.25) is 5.02 Å². The predicted octanol–water partition coefficient (Wildman–Crippen LogP) is 3.02. The average molecular weight is 317 g/mol. The van der Waals surface area contributed by atoms with Gasteiger partial charge in [-0.2, -0.15) is 0 Å². The van der Waals surface area contributed by atoms with Gasteiger partial charge in [0.25, 0.3) is 0 Å². The van der Waals surface area contributed by atoms with Crippen molar-refractivity contribution in [1.29, 1.82) is 0 Å². The Balaban J connectivity index is 1.51. The third-order valence-corrected chi connectivity index (χ3v) is 5.03. The Kier molecular flexibility index (Phi) is 3.15. The summed E-state index contributed by atoms with van der Waals surface area (Å²) >= 11 is 6.13. The van der Waals surface area contributed by atoms with Crippen molar-refractivity contribution in [3.05, 3.63) is 52.8 Å². The molecule has 2 aromatic rings. The van der Waals surface area contributed by atoms with Gasteiger partial charge in [-0.1, -0.05) is 11.6 Å². The second-order valence-corrected chi connectivity index (χ2v) is 6.50. The summed E-state index contributed by atoms with van der Waals surface area (Å²) in [5.41, 5.74) is 2.02. The van der Waals surface area contributed by atoms with Gasteiger partial charge in [-0.15, -0.1) is 0 Å². The number of amides is 1. The minimum Gasteiger partial charge on any atom is -0.493 e. The molecule has 2 atom stereocenters. The lowest BCUT2D eigenvalue weighted by Crippen LogP contribution is -2.30. The van der Waals surface area contributed by atoms with Crippen LogP contribution in [0.25, 0.3) is 0 Å². The van der Waals surface area contributed by atoms with E-state index in [0.717, 1.165) is 29.8 Å². The number of carbonyl (C=O) groups excluding carboxylic acids is 1. The van der Waals surface area contributed by atoms with Gasteiger partial charge >= 0.3 is 0 Å². The van der Waals surface area contributed by atoms with Crippen LogP contribution >= 0.6 is 11.6 Å². The molecule has 0 radical (unpaired) electrons. The third kappa shape index (κ3) is 2.18. The Labute approximate surface area is 133 Å². The van der Waals surface area contributed by atoms with Crippen LogP contribution in [-0.4, -0.2) is 17.5 Å². The van der Waals surface area contributed by atoms with Gasteiger partial charge in [-0.25, -0.2) is 0 Å². The molecule has 0 unspecified atom stereocenters. The first kappa shape index (κ1) is 13.7. The van der Waals surface area contributed by atoms with Crippen molar-refractivity contribution in [2.75, 3.05) is 6.61 Å². The van der Waals surface area contributed by atoms with E-state index < -0.39 is 0 Å². The lowest BCUT2D eigenvalue weighted by Gasteiger charge is -2.27. The number of benzene rings is 1. The van der Waals surface area contributed by atoms with Gasteiger partial charge in [0.05, 0.1) is 13.2 Å². The molecule has 0 bridgehead atoms. The Morgan fingerprint density at radius 2 is 2.36 bits per heavy atom. The number of nitrogens with one attached hydrogen (secondary N) is 2. The second kappa shape index (κ2) is 5.06. The molecule has 1 aromatic carbocycles. The lowest BCUT2D eigenvalue weighted by molar-refractivity contribution is -0.123. The van der Waals surface area contributed by atoms with Crippen molar-refractivity contribution < 1.29 is 9.53 Å². The normalized spacial score (nSPS) is 25.4. The van der Waals surface area contributed by atoms with Crippen LogP contribution in [0, 0.1) is 5.92 Å². The SMILES string of the molecule is O=C(NCc1ccc[nH]1)[C@@H]1C[C@]12CCOc1ccc(Cl)cc12. The van der Waals surface area contributed by atoms with Crippen LogP contribution in [0.5, 0.6) is 5.75 Å². The maximum atomic E-state index is 12.5. The molecule has 1 spiro atoms. The first-order valence-electron chi connectivity index (χ1n) is 7.52. The Morgan fingerprint density at radius 1 is 1.45 bits per heavy atom. The molecule has 2 aliphatic rings. The van der Waals surface area contributed by atoms with Crippen molar-refractivity contribution in [3.63, 3.8) is 0 Å². The minimum atomic E-state index is -0.0850. The summed E-state index contributed by atoms with van der Waals surface area (Å²) < 4.78 is 5.71. The van der Waals surface area contributed by atoms with E-state index in [0.29, 0.717) is 18.2 Å². The van der Waals surface area contributed by atoms with Crippen molar-refractivity contribution in [2.45, 2.75) is 24.8 Å². The maximum absolute atomic E-state index is 12.5. The molecule has 1 fully saturated rings. The molecule has 2 heterocycles. The number of aromatic amines is 1. The van der Waals surface area contributed by atoms with E-state index in [-0.39, 0.29) is 17.2 Å². The average Bonchev–Trinajstić information content (AvgIpc) is 2.99. The van der Waals surface area contributed by atoms with Gasteiger partial charge in [0, 0.05) is 33.8 Å². The number of halogens is 1. The summed E-state index contributed by atoms with van der Waals surface area (Å²) in [7, 11) is 0. The molecule has 4 nitrogen and oxygen atoms in total. The van der Waals surface area contributed by atoms with Crippen LogP contribution < -0.4 is 10.1 Å². The number of aromatic nitrogens is 1. The summed E-state index contributed by atoms with van der Waals surface area (Å²) in [6.45, 7) is 1.20. The third-order valence-electron chi connectivity index (χ3n) is 4.79. The topological polar surface area (TPSA) is 54.1 Å². The molecule has 1 aliphatic heterocycles. The molecular formula is C17H17ClN2O2. The number of H-pyrrole nitrogens is 1. The predicted molar refractivity (Wildman–Crippen MR) is 84.0 cm³/mol. The fourth-order valence-electron chi connectivity index (χ4n) is 3.50. The highest BCUT2D eigenvalue weighted by atomic mass is 35.5. The van der Waals surface area contributed by atoms with E-state index in [1.54, 1.807) is 0 Å². The monoisotopic (exact) mass is 316 g/mol. The van der Waals surface area contributed by atoms with Crippen LogP contribution in [-0.2, 0) is 16.8 Å². The Morgan fingerprint density at radius 3 is 3.18 bits per heavy atom. The lowest BCUT2D eigenvalue weighted by atomic mass is 9.87. The molecule has 1 amide bonds. The number of fused-ring (bicyclic) bond motifs is 2. The van der Waals surface area contributed by atoms with Gasteiger partial charge < -0.3 is 15.0 Å². The zero-order chi connectivity index (χ0) is 15.2. The molecule has 5 heteroatoms. The number of ether oxygens (including phenoxy) is 1. The van der Waals surface area contributed by atoms with Crippen LogP contribution in [0.3, 0.4) is 0 Å². The van der Waals surface area contributed by atoms with Gasteiger partial charge in [0.2, 0.25) is 5.91 Å². The summed E-state index contributed by atoms with van der Waals surface area (Å²) in [6, 6.07) is 9.59. The molecule has 2 N–H and O–H groups in total. The van der Waals surface area contributed by atoms with E-state index >= 15 is 0 Å². The van der Waals surface area contributed by atoms with E-state index in [2.05, 4.69) is 10.3 Å². The summed E-state index contributed by atoms with van der Waals surface area (Å²) in [6.07, 6.45) is 3.61. The van der Waals surface area contributed by atoms with Crippen LogP contribution in [0.4, 0.5) is 0 Å². The van der Waals surface area contributed by atoms with Crippen molar-refractivity contribution in [1.82, 2.24) is 10.3 Å². The van der Waals surface area contributed by atoms with Crippen molar-refractivity contribution >= 4 is 17.5 Å². The van der Waals surface area contributed by atoms with Crippen molar-refractivity contribution in [3.8, 4) is 5.75 Å². The molecule has 1 saturated carbocycles. The number of rotatable bonds is 3. The van der Waals surface area contributed by atoms with Gasteiger partial charge in [-0.05, 0) is 43.2 Å². The number of carbonyl (C=O) groups is 1. The van der Waals surface area contributed by atoms with E-state index in [1.807, 2.05) is 36.5 Å². The molecule has 1 aliphatic carbocycles. The van der Waals surface area contributed by atoms with Gasteiger partial charge in [0.1, 0.15) is 5.75 Å². The molecular weight excluding hydrogens is 300 g/mol. The fourth-order valence-corrected chi connectivity index (χ4v) is 3.67. The Hall–Kier alpha value is -1.94. The summed E-state index contributed by atoms with van der Waals surface area (Å²) in [4.78, 5) is 15.6. The van der Waals surface area contributed by atoms with Gasteiger partial charge in [-0.3, -0.25) is 4.79 Å². The first-order valence-corrected chi connectivity index (χ1v) is 7.90. The molecule has 22 heavy (non-hydrogen) atoms. The second-order valence-electron chi connectivity index (χ2n) is 6.06. The highest BCUT2D eigenvalue weighted by molar-refractivity contribution is 6.30. The van der Waals surface area contributed by atoms with E-state index in [1.165, 1.54) is 0 Å².